The van der Waals surface area contributed by atoms with Gasteiger partial charge in [0.05, 0.1) is 6.61 Å². The molecule has 0 heterocycles. The van der Waals surface area contributed by atoms with Crippen LogP contribution in [0.4, 0.5) is 0 Å². The summed E-state index contributed by atoms with van der Waals surface area (Å²) < 4.78 is 19.0. The number of rotatable bonds is 13. The van der Waals surface area contributed by atoms with Crippen molar-refractivity contribution in [1.29, 1.82) is 0 Å². The molecule has 0 aromatic carbocycles. The molecule has 0 saturated carbocycles. The van der Waals surface area contributed by atoms with E-state index in [9.17, 15) is 19.4 Å². The molecule has 126 valence electrons. The van der Waals surface area contributed by atoms with Crippen LogP contribution in [-0.2, 0) is 18.6 Å². The standard InChI is InChI=1S/C13H27O7P.Na/c1-2-3-4-5-6-7-8-9-13(15)19-10-12(14)11-20-21(16,17)18;/h12,14H,2-11H2,1H3,(H2,16,17,18);/q;+1/p-1/t12-;/m1./s1. The van der Waals surface area contributed by atoms with Crippen LogP contribution in [-0.4, -0.2) is 35.3 Å². The molecule has 2 atom stereocenters. The molecule has 0 aliphatic rings. The van der Waals surface area contributed by atoms with E-state index in [1.807, 2.05) is 0 Å². The Bertz CT molecular complexity index is 322. The molecule has 0 aromatic heterocycles. The second-order valence-corrected chi connectivity index (χ2v) is 6.17. The predicted molar refractivity (Wildman–Crippen MR) is 75.4 cm³/mol. The molecule has 0 amide bonds. The molecule has 0 aliphatic heterocycles. The van der Waals surface area contributed by atoms with Crippen molar-refractivity contribution in [3.8, 4) is 0 Å². The van der Waals surface area contributed by atoms with E-state index in [-0.39, 0.29) is 42.6 Å². The van der Waals surface area contributed by atoms with Gasteiger partial charge >= 0.3 is 35.5 Å². The largest absolute Gasteiger partial charge is 1.00 e. The van der Waals surface area contributed by atoms with Crippen LogP contribution in [0.2, 0.25) is 0 Å². The average Bonchev–Trinajstić information content (AvgIpc) is 2.41. The van der Waals surface area contributed by atoms with Crippen molar-refractivity contribution in [3.05, 3.63) is 0 Å². The summed E-state index contributed by atoms with van der Waals surface area (Å²) in [6, 6.07) is 0. The quantitative estimate of drug-likeness (QED) is 0.180. The van der Waals surface area contributed by atoms with Gasteiger partial charge in [-0.2, -0.15) is 0 Å². The molecule has 2 N–H and O–H groups in total. The van der Waals surface area contributed by atoms with E-state index in [1.165, 1.54) is 25.7 Å². The number of esters is 1. The Morgan fingerprint density at radius 1 is 1.14 bits per heavy atom. The Balaban J connectivity index is 0. The summed E-state index contributed by atoms with van der Waals surface area (Å²) in [6.07, 6.45) is 6.65. The van der Waals surface area contributed by atoms with E-state index in [0.717, 1.165) is 19.3 Å². The number of aliphatic hydroxyl groups is 1. The first kappa shape index (κ1) is 24.8. The molecular weight excluding hydrogens is 322 g/mol. The van der Waals surface area contributed by atoms with Gasteiger partial charge in [-0.3, -0.25) is 9.36 Å². The number of phosphoric ester groups is 1. The van der Waals surface area contributed by atoms with Crippen molar-refractivity contribution in [1.82, 2.24) is 0 Å². The first-order valence-electron chi connectivity index (χ1n) is 7.37. The zero-order chi connectivity index (χ0) is 16.1. The molecular formula is C13H26NaO7P. The van der Waals surface area contributed by atoms with Crippen molar-refractivity contribution in [2.24, 2.45) is 0 Å². The fourth-order valence-electron chi connectivity index (χ4n) is 1.72. The van der Waals surface area contributed by atoms with Crippen LogP contribution >= 0.6 is 7.82 Å². The molecule has 0 saturated heterocycles. The van der Waals surface area contributed by atoms with E-state index >= 15 is 0 Å². The molecule has 0 aromatic rings. The summed E-state index contributed by atoms with van der Waals surface area (Å²) in [4.78, 5) is 30.0. The summed E-state index contributed by atoms with van der Waals surface area (Å²) >= 11 is 0. The fourth-order valence-corrected chi connectivity index (χ4v) is 2.08. The minimum Gasteiger partial charge on any atom is -0.756 e. The van der Waals surface area contributed by atoms with Gasteiger partial charge in [-0.15, -0.1) is 0 Å². The predicted octanol–water partition coefficient (Wildman–Crippen LogP) is -1.49. The Morgan fingerprint density at radius 2 is 1.68 bits per heavy atom. The van der Waals surface area contributed by atoms with Crippen LogP contribution in [0.15, 0.2) is 0 Å². The zero-order valence-electron chi connectivity index (χ0n) is 13.5. The Labute approximate surface area is 154 Å². The Morgan fingerprint density at radius 3 is 2.23 bits per heavy atom. The van der Waals surface area contributed by atoms with Gasteiger partial charge in [0.1, 0.15) is 12.7 Å². The van der Waals surface area contributed by atoms with E-state index in [1.54, 1.807) is 0 Å². The number of hydrogen-bond acceptors (Lipinski definition) is 6. The zero-order valence-corrected chi connectivity index (χ0v) is 16.4. The van der Waals surface area contributed by atoms with Crippen LogP contribution in [0.5, 0.6) is 0 Å². The molecule has 22 heavy (non-hydrogen) atoms. The van der Waals surface area contributed by atoms with Gasteiger partial charge in [-0.05, 0) is 6.42 Å². The maximum Gasteiger partial charge on any atom is 1.00 e. The fraction of sp³-hybridized carbons (Fsp3) is 0.923. The van der Waals surface area contributed by atoms with Crippen molar-refractivity contribution in [3.63, 3.8) is 0 Å². The van der Waals surface area contributed by atoms with Gasteiger partial charge in [0.25, 0.3) is 7.82 Å². The number of phosphoric acid groups is 1. The Kier molecular flexibility index (Phi) is 17.0. The first-order valence-corrected chi connectivity index (χ1v) is 8.86. The monoisotopic (exact) mass is 348 g/mol. The minimum atomic E-state index is -4.85. The average molecular weight is 348 g/mol. The van der Waals surface area contributed by atoms with Crippen molar-refractivity contribution in [2.45, 2.75) is 64.4 Å². The van der Waals surface area contributed by atoms with Crippen molar-refractivity contribution in [2.75, 3.05) is 13.2 Å². The maximum atomic E-state index is 11.3. The normalized spacial score (nSPS) is 14.7. The van der Waals surface area contributed by atoms with Crippen molar-refractivity contribution >= 4 is 13.8 Å². The van der Waals surface area contributed by atoms with Gasteiger partial charge < -0.3 is 24.2 Å². The number of carbonyl (C=O) groups excluding carboxylic acids is 1. The third-order valence-corrected chi connectivity index (χ3v) is 3.33. The minimum absolute atomic E-state index is 0. The summed E-state index contributed by atoms with van der Waals surface area (Å²) in [6.45, 7) is 1.17. The molecule has 0 spiro atoms. The summed E-state index contributed by atoms with van der Waals surface area (Å²) in [5.74, 6) is -0.433. The number of unbranched alkanes of at least 4 members (excludes halogenated alkanes) is 6. The third-order valence-electron chi connectivity index (χ3n) is 2.85. The van der Waals surface area contributed by atoms with Crippen LogP contribution in [0.25, 0.3) is 0 Å². The molecule has 7 nitrogen and oxygen atoms in total. The first-order chi connectivity index (χ1) is 9.85. The van der Waals surface area contributed by atoms with E-state index in [0.29, 0.717) is 0 Å². The van der Waals surface area contributed by atoms with Gasteiger partial charge in [0.2, 0.25) is 0 Å². The SMILES string of the molecule is CCCCCCCCCC(=O)OC[C@@H](O)COP(=O)([O-])O.[Na+]. The number of aliphatic hydroxyl groups excluding tert-OH is 1. The second kappa shape index (κ2) is 15.1. The molecule has 9 heteroatoms. The van der Waals surface area contributed by atoms with Gasteiger partial charge in [-0.25, -0.2) is 0 Å². The molecule has 0 aliphatic carbocycles. The smallest absolute Gasteiger partial charge is 0.756 e. The van der Waals surface area contributed by atoms with Crippen LogP contribution in [0.1, 0.15) is 58.3 Å². The summed E-state index contributed by atoms with van der Waals surface area (Å²) in [5.41, 5.74) is 0. The van der Waals surface area contributed by atoms with Gasteiger partial charge in [0, 0.05) is 6.42 Å². The molecule has 0 bridgehead atoms. The van der Waals surface area contributed by atoms with Crippen LogP contribution in [0.3, 0.4) is 0 Å². The number of ether oxygens (including phenoxy) is 1. The van der Waals surface area contributed by atoms with Gasteiger partial charge in [0.15, 0.2) is 0 Å². The molecule has 0 fully saturated rings. The Hall–Kier alpha value is 0.540. The van der Waals surface area contributed by atoms with Crippen molar-refractivity contribution < 1.29 is 63.1 Å². The van der Waals surface area contributed by atoms with E-state index in [2.05, 4.69) is 11.4 Å². The molecule has 0 radical (unpaired) electrons. The summed E-state index contributed by atoms with van der Waals surface area (Å²) in [5, 5.41) is 9.28. The molecule has 1 unspecified atom stereocenters. The van der Waals surface area contributed by atoms with Crippen LogP contribution in [0, 0.1) is 0 Å². The third kappa shape index (κ3) is 18.6. The van der Waals surface area contributed by atoms with Crippen LogP contribution < -0.4 is 34.5 Å². The van der Waals surface area contributed by atoms with E-state index < -0.39 is 26.5 Å². The topological polar surface area (TPSA) is 116 Å². The number of hydrogen-bond donors (Lipinski definition) is 2. The van der Waals surface area contributed by atoms with E-state index in [4.69, 9.17) is 9.63 Å². The number of carbonyl (C=O) groups is 1. The maximum absolute atomic E-state index is 11.3. The van der Waals surface area contributed by atoms with Gasteiger partial charge in [-0.1, -0.05) is 45.4 Å². The second-order valence-electron chi connectivity index (χ2n) is 4.97. The summed E-state index contributed by atoms with van der Waals surface area (Å²) in [7, 11) is -4.85. The molecule has 0 rings (SSSR count).